The molecule has 0 saturated carbocycles. The summed E-state index contributed by atoms with van der Waals surface area (Å²) in [6.45, 7) is 3.69. The number of carbonyl (C=O) groups is 1. The molecule has 0 saturated heterocycles. The van der Waals surface area contributed by atoms with Crippen molar-refractivity contribution in [3.63, 3.8) is 0 Å². The van der Waals surface area contributed by atoms with Crippen molar-refractivity contribution >= 4 is 17.4 Å². The van der Waals surface area contributed by atoms with E-state index < -0.39 is 5.97 Å². The highest BCUT2D eigenvalue weighted by atomic mass is 16.5. The van der Waals surface area contributed by atoms with Crippen LogP contribution in [0.15, 0.2) is 53.8 Å². The standard InChI is InChI=1S/C16H17N3O2/c1-3-21-16(20)12(2)18-19-15-10-5-4-8-13(15)14-9-6-7-11-17-14/h4-11,19H,3H2,1-2H3. The van der Waals surface area contributed by atoms with Crippen molar-refractivity contribution < 1.29 is 9.53 Å². The summed E-state index contributed by atoms with van der Waals surface area (Å²) < 4.78 is 4.88. The quantitative estimate of drug-likeness (QED) is 0.520. The van der Waals surface area contributed by atoms with Gasteiger partial charge in [-0.25, -0.2) is 4.79 Å². The zero-order valence-electron chi connectivity index (χ0n) is 12.0. The number of carbonyl (C=O) groups excluding carboxylic acids is 1. The molecule has 0 amide bonds. The van der Waals surface area contributed by atoms with Crippen molar-refractivity contribution in [2.75, 3.05) is 12.0 Å². The number of hydrazone groups is 1. The normalized spacial score (nSPS) is 11.0. The van der Waals surface area contributed by atoms with Crippen molar-refractivity contribution in [3.05, 3.63) is 48.7 Å². The molecule has 0 aliphatic rings. The number of para-hydroxylation sites is 1. The third-order valence-corrected chi connectivity index (χ3v) is 2.78. The fraction of sp³-hybridized carbons (Fsp3) is 0.188. The summed E-state index contributed by atoms with van der Waals surface area (Å²) in [6.07, 6.45) is 1.74. The molecule has 1 aromatic carbocycles. The summed E-state index contributed by atoms with van der Waals surface area (Å²) in [5, 5.41) is 4.06. The molecule has 2 rings (SSSR count). The van der Waals surface area contributed by atoms with Gasteiger partial charge in [0, 0.05) is 11.8 Å². The maximum Gasteiger partial charge on any atom is 0.354 e. The van der Waals surface area contributed by atoms with Gasteiger partial charge in [0.05, 0.1) is 18.0 Å². The molecular formula is C16H17N3O2. The number of pyridine rings is 1. The fourth-order valence-electron chi connectivity index (χ4n) is 1.75. The summed E-state index contributed by atoms with van der Waals surface area (Å²) >= 11 is 0. The zero-order chi connectivity index (χ0) is 15.1. The van der Waals surface area contributed by atoms with Gasteiger partial charge < -0.3 is 4.74 Å². The van der Waals surface area contributed by atoms with Crippen molar-refractivity contribution in [1.82, 2.24) is 4.98 Å². The molecule has 0 radical (unpaired) electrons. The molecule has 0 atom stereocenters. The van der Waals surface area contributed by atoms with Gasteiger partial charge in [-0.15, -0.1) is 0 Å². The molecule has 0 spiro atoms. The second-order valence-electron chi connectivity index (χ2n) is 4.29. The first kappa shape index (κ1) is 14.7. The topological polar surface area (TPSA) is 63.6 Å². The Labute approximate surface area is 123 Å². The predicted octanol–water partition coefficient (Wildman–Crippen LogP) is 3.10. The minimum atomic E-state index is -0.430. The monoisotopic (exact) mass is 283 g/mol. The fourth-order valence-corrected chi connectivity index (χ4v) is 1.75. The second-order valence-corrected chi connectivity index (χ2v) is 4.29. The van der Waals surface area contributed by atoms with Gasteiger partial charge in [-0.05, 0) is 32.0 Å². The van der Waals surface area contributed by atoms with E-state index in [2.05, 4.69) is 15.5 Å². The van der Waals surface area contributed by atoms with Crippen LogP contribution in [0.4, 0.5) is 5.69 Å². The number of anilines is 1. The summed E-state index contributed by atoms with van der Waals surface area (Å²) in [7, 11) is 0. The SMILES string of the molecule is CCOC(=O)C(C)=NNc1ccccc1-c1ccccn1. The zero-order valence-corrected chi connectivity index (χ0v) is 12.0. The Morgan fingerprint density at radius 1 is 1.24 bits per heavy atom. The van der Waals surface area contributed by atoms with Crippen LogP contribution in [-0.4, -0.2) is 23.3 Å². The highest BCUT2D eigenvalue weighted by Gasteiger charge is 2.08. The molecule has 5 nitrogen and oxygen atoms in total. The van der Waals surface area contributed by atoms with Crippen LogP contribution < -0.4 is 5.43 Å². The first-order valence-electron chi connectivity index (χ1n) is 6.70. The predicted molar refractivity (Wildman–Crippen MR) is 83.0 cm³/mol. The molecule has 1 heterocycles. The molecule has 0 fully saturated rings. The lowest BCUT2D eigenvalue weighted by atomic mass is 10.1. The Morgan fingerprint density at radius 2 is 2.00 bits per heavy atom. The summed E-state index contributed by atoms with van der Waals surface area (Å²) in [6, 6.07) is 13.4. The molecule has 0 unspecified atom stereocenters. The molecule has 108 valence electrons. The van der Waals surface area contributed by atoms with E-state index in [1.807, 2.05) is 42.5 Å². The maximum absolute atomic E-state index is 11.5. The largest absolute Gasteiger partial charge is 0.461 e. The molecular weight excluding hydrogens is 266 g/mol. The molecule has 1 aromatic heterocycles. The number of aromatic nitrogens is 1. The van der Waals surface area contributed by atoms with Crippen molar-refractivity contribution in [3.8, 4) is 11.3 Å². The maximum atomic E-state index is 11.5. The Bertz CT molecular complexity index is 639. The Kier molecular flexibility index (Phi) is 5.04. The average Bonchev–Trinajstić information content (AvgIpc) is 2.54. The van der Waals surface area contributed by atoms with Crippen LogP contribution in [-0.2, 0) is 9.53 Å². The van der Waals surface area contributed by atoms with Crippen LogP contribution in [0, 0.1) is 0 Å². The van der Waals surface area contributed by atoms with Gasteiger partial charge >= 0.3 is 5.97 Å². The molecule has 2 aromatic rings. The summed E-state index contributed by atoms with van der Waals surface area (Å²) in [5.41, 5.74) is 5.70. The second kappa shape index (κ2) is 7.19. The van der Waals surface area contributed by atoms with Crippen LogP contribution >= 0.6 is 0 Å². The van der Waals surface area contributed by atoms with E-state index in [1.165, 1.54) is 0 Å². The van der Waals surface area contributed by atoms with Crippen LogP contribution in [0.5, 0.6) is 0 Å². The van der Waals surface area contributed by atoms with Gasteiger partial charge in [0.15, 0.2) is 0 Å². The number of nitrogens with zero attached hydrogens (tertiary/aromatic N) is 2. The molecule has 0 aliphatic heterocycles. The van der Waals surface area contributed by atoms with Crippen LogP contribution in [0.2, 0.25) is 0 Å². The van der Waals surface area contributed by atoms with E-state index in [0.29, 0.717) is 6.61 Å². The number of nitrogens with one attached hydrogen (secondary N) is 1. The third kappa shape index (κ3) is 3.89. The minimum absolute atomic E-state index is 0.271. The summed E-state index contributed by atoms with van der Waals surface area (Å²) in [5.74, 6) is -0.430. The number of hydrogen-bond acceptors (Lipinski definition) is 5. The number of rotatable bonds is 5. The summed E-state index contributed by atoms with van der Waals surface area (Å²) in [4.78, 5) is 15.8. The van der Waals surface area contributed by atoms with Crippen LogP contribution in [0.3, 0.4) is 0 Å². The smallest absolute Gasteiger partial charge is 0.354 e. The molecule has 21 heavy (non-hydrogen) atoms. The lowest BCUT2D eigenvalue weighted by Gasteiger charge is -2.08. The van der Waals surface area contributed by atoms with Gasteiger partial charge in [0.25, 0.3) is 0 Å². The first-order valence-corrected chi connectivity index (χ1v) is 6.70. The van der Waals surface area contributed by atoms with E-state index in [-0.39, 0.29) is 5.71 Å². The van der Waals surface area contributed by atoms with E-state index in [1.54, 1.807) is 20.0 Å². The van der Waals surface area contributed by atoms with E-state index >= 15 is 0 Å². The van der Waals surface area contributed by atoms with E-state index in [9.17, 15) is 4.79 Å². The van der Waals surface area contributed by atoms with Crippen molar-refractivity contribution in [2.24, 2.45) is 5.10 Å². The third-order valence-electron chi connectivity index (χ3n) is 2.78. The highest BCUT2D eigenvalue weighted by molar-refractivity contribution is 6.35. The minimum Gasteiger partial charge on any atom is -0.461 e. The Hall–Kier alpha value is -2.69. The first-order chi connectivity index (χ1) is 10.2. The number of esters is 1. The Morgan fingerprint density at radius 3 is 2.71 bits per heavy atom. The lowest BCUT2D eigenvalue weighted by Crippen LogP contribution is -2.15. The van der Waals surface area contributed by atoms with Crippen molar-refractivity contribution in [2.45, 2.75) is 13.8 Å². The highest BCUT2D eigenvalue weighted by Crippen LogP contribution is 2.25. The lowest BCUT2D eigenvalue weighted by molar-refractivity contribution is -0.135. The Balaban J connectivity index is 2.22. The van der Waals surface area contributed by atoms with Gasteiger partial charge in [0.1, 0.15) is 5.71 Å². The molecule has 0 bridgehead atoms. The molecule has 0 aliphatic carbocycles. The van der Waals surface area contributed by atoms with Gasteiger partial charge in [0.2, 0.25) is 0 Å². The molecule has 1 N–H and O–H groups in total. The van der Waals surface area contributed by atoms with Gasteiger partial charge in [-0.2, -0.15) is 5.10 Å². The van der Waals surface area contributed by atoms with Crippen molar-refractivity contribution in [1.29, 1.82) is 0 Å². The van der Waals surface area contributed by atoms with Gasteiger partial charge in [-0.3, -0.25) is 10.4 Å². The number of hydrogen-bond donors (Lipinski definition) is 1. The van der Waals surface area contributed by atoms with E-state index in [0.717, 1.165) is 16.9 Å². The van der Waals surface area contributed by atoms with Crippen LogP contribution in [0.25, 0.3) is 11.3 Å². The number of benzene rings is 1. The van der Waals surface area contributed by atoms with E-state index in [4.69, 9.17) is 4.74 Å². The number of ether oxygens (including phenoxy) is 1. The molecule has 5 heteroatoms. The van der Waals surface area contributed by atoms with Crippen LogP contribution in [0.1, 0.15) is 13.8 Å². The van der Waals surface area contributed by atoms with Gasteiger partial charge in [-0.1, -0.05) is 24.3 Å². The average molecular weight is 283 g/mol.